The number of anilines is 2. The van der Waals surface area contributed by atoms with Gasteiger partial charge in [0.2, 0.25) is 0 Å². The number of aromatic amines is 1. The number of nitrogens with one attached hydrogen (secondary N) is 2. The first-order chi connectivity index (χ1) is 22.6. The molecule has 2 aromatic heterocycles. The smallest absolute Gasteiger partial charge is 0.320 e. The second-order valence-electron chi connectivity index (χ2n) is 12.3. The molecule has 240 valence electrons. The molecular weight excluding hydrogens is 631 g/mol. The third-order valence-corrected chi connectivity index (χ3v) is 13.4. The van der Waals surface area contributed by atoms with Crippen molar-refractivity contribution in [2.45, 2.75) is 38.8 Å². The molecule has 0 saturated carbocycles. The highest BCUT2D eigenvalue weighted by atomic mass is 35.5. The van der Waals surface area contributed by atoms with E-state index >= 15 is 4.39 Å². The van der Waals surface area contributed by atoms with Gasteiger partial charge in [-0.2, -0.15) is 0 Å². The molecule has 1 unspecified atom stereocenters. The minimum Gasteiger partial charge on any atom is -0.533 e. The number of fused-ring (bicyclic) bond motifs is 1. The summed E-state index contributed by atoms with van der Waals surface area (Å²) in [6.07, 6.45) is 4.72. The van der Waals surface area contributed by atoms with Gasteiger partial charge in [0.05, 0.1) is 23.3 Å². The van der Waals surface area contributed by atoms with Gasteiger partial charge in [0.25, 0.3) is 0 Å². The zero-order chi connectivity index (χ0) is 33.2. The molecule has 0 aliphatic rings. The standard InChI is InChI=1S/C37H36ClFN4O3Si/c1-24(36-41-18-19-42-36)45-35-22-31-27(20-34(35)44-5)30(16-17-40-31)43-32-23-33(28(38)21-29(32)39)46-47(37(2,3)4,25-12-8-6-9-13-25)26-14-10-7-11-15-26/h6-24H,1-5H3,(H,40,43)(H,41,42). The minimum atomic E-state index is -3.03. The Hall–Kier alpha value is -4.86. The molecule has 0 spiro atoms. The van der Waals surface area contributed by atoms with Crippen molar-refractivity contribution >= 4 is 52.6 Å². The Morgan fingerprint density at radius 1 is 0.830 bits per heavy atom. The average molecular weight is 667 g/mol. The van der Waals surface area contributed by atoms with Crippen molar-refractivity contribution in [2.24, 2.45) is 0 Å². The second kappa shape index (κ2) is 13.1. The number of methoxy groups -OCH3 is 1. The summed E-state index contributed by atoms with van der Waals surface area (Å²) in [5.41, 5.74) is 1.47. The largest absolute Gasteiger partial charge is 0.533 e. The number of aromatic nitrogens is 3. The third kappa shape index (κ3) is 6.28. The predicted octanol–water partition coefficient (Wildman–Crippen LogP) is 8.58. The Bertz CT molecular complexity index is 1950. The number of pyridine rings is 1. The minimum absolute atomic E-state index is 0.190. The number of imidazole rings is 1. The Labute approximate surface area is 279 Å². The van der Waals surface area contributed by atoms with Crippen LogP contribution in [0, 0.1) is 5.82 Å². The summed E-state index contributed by atoms with van der Waals surface area (Å²) < 4.78 is 34.7. The first-order valence-corrected chi connectivity index (χ1v) is 17.6. The SMILES string of the molecule is COc1cc2c(Nc3cc(O[Si](c4ccccc4)(c4ccccc4)C(C)(C)C)c(Cl)cc3F)ccnc2cc1OC(C)c1ncc[nH]1. The van der Waals surface area contributed by atoms with Crippen molar-refractivity contribution in [2.75, 3.05) is 12.4 Å². The van der Waals surface area contributed by atoms with E-state index in [-0.39, 0.29) is 21.9 Å². The fraction of sp³-hybridized carbons (Fsp3) is 0.189. The number of nitrogens with zero attached hydrogens (tertiary/aromatic N) is 2. The molecule has 0 amide bonds. The van der Waals surface area contributed by atoms with Crippen LogP contribution in [0.1, 0.15) is 39.6 Å². The lowest BCUT2D eigenvalue weighted by molar-refractivity contribution is 0.208. The number of H-pyrrole nitrogens is 1. The average Bonchev–Trinajstić information content (AvgIpc) is 3.61. The van der Waals surface area contributed by atoms with Crippen molar-refractivity contribution < 1.29 is 18.3 Å². The molecule has 4 aromatic carbocycles. The highest BCUT2D eigenvalue weighted by Gasteiger charge is 2.52. The van der Waals surface area contributed by atoms with Crippen LogP contribution in [-0.2, 0) is 0 Å². The van der Waals surface area contributed by atoms with Gasteiger partial charge in [0.15, 0.2) is 17.6 Å². The molecule has 2 N–H and O–H groups in total. The molecule has 2 heterocycles. The number of halogens is 2. The zero-order valence-electron chi connectivity index (χ0n) is 26.8. The zero-order valence-corrected chi connectivity index (χ0v) is 28.6. The Kier molecular flexibility index (Phi) is 8.94. The molecule has 6 aromatic rings. The van der Waals surface area contributed by atoms with Gasteiger partial charge in [-0.1, -0.05) is 93.0 Å². The lowest BCUT2D eigenvalue weighted by Gasteiger charge is -2.43. The summed E-state index contributed by atoms with van der Waals surface area (Å²) in [5, 5.41) is 6.03. The van der Waals surface area contributed by atoms with Crippen LogP contribution in [0.15, 0.2) is 110 Å². The summed E-state index contributed by atoms with van der Waals surface area (Å²) >= 11 is 6.75. The van der Waals surface area contributed by atoms with E-state index in [0.717, 1.165) is 10.4 Å². The van der Waals surface area contributed by atoms with Gasteiger partial charge in [-0.25, -0.2) is 9.37 Å². The van der Waals surface area contributed by atoms with Crippen molar-refractivity contribution in [1.29, 1.82) is 0 Å². The van der Waals surface area contributed by atoms with Crippen molar-refractivity contribution in [1.82, 2.24) is 15.0 Å². The van der Waals surface area contributed by atoms with Gasteiger partial charge in [0.1, 0.15) is 17.4 Å². The van der Waals surface area contributed by atoms with Gasteiger partial charge in [0, 0.05) is 41.8 Å². The van der Waals surface area contributed by atoms with Gasteiger partial charge >= 0.3 is 8.32 Å². The maximum absolute atomic E-state index is 15.7. The number of hydrogen-bond acceptors (Lipinski definition) is 6. The Morgan fingerprint density at radius 2 is 1.51 bits per heavy atom. The third-order valence-electron chi connectivity index (χ3n) is 8.21. The van der Waals surface area contributed by atoms with Crippen LogP contribution < -0.4 is 29.6 Å². The first-order valence-electron chi connectivity index (χ1n) is 15.3. The van der Waals surface area contributed by atoms with Crippen LogP contribution in [0.2, 0.25) is 10.1 Å². The maximum atomic E-state index is 15.7. The van der Waals surface area contributed by atoms with E-state index < -0.39 is 14.1 Å². The molecule has 7 nitrogen and oxygen atoms in total. The number of hydrogen-bond donors (Lipinski definition) is 2. The van der Waals surface area contributed by atoms with Crippen molar-refractivity contribution in [3.8, 4) is 17.2 Å². The number of ether oxygens (including phenoxy) is 2. The highest BCUT2D eigenvalue weighted by Crippen LogP contribution is 2.42. The Morgan fingerprint density at radius 3 is 2.11 bits per heavy atom. The van der Waals surface area contributed by atoms with Gasteiger partial charge in [-0.05, 0) is 40.5 Å². The van der Waals surface area contributed by atoms with E-state index in [1.54, 1.807) is 43.9 Å². The monoisotopic (exact) mass is 666 g/mol. The van der Waals surface area contributed by atoms with Crippen molar-refractivity contribution in [3.63, 3.8) is 0 Å². The molecule has 0 saturated heterocycles. The van der Waals surface area contributed by atoms with Crippen LogP contribution in [0.3, 0.4) is 0 Å². The first kappa shape index (κ1) is 32.1. The van der Waals surface area contributed by atoms with Gasteiger partial charge < -0.3 is 24.2 Å². The topological polar surface area (TPSA) is 81.3 Å². The van der Waals surface area contributed by atoms with E-state index in [4.69, 9.17) is 25.5 Å². The van der Waals surface area contributed by atoms with E-state index in [9.17, 15) is 0 Å². The van der Waals surface area contributed by atoms with Crippen LogP contribution in [0.4, 0.5) is 15.8 Å². The molecule has 1 atom stereocenters. The van der Waals surface area contributed by atoms with Gasteiger partial charge in [-0.3, -0.25) is 4.98 Å². The molecule has 47 heavy (non-hydrogen) atoms. The fourth-order valence-electron chi connectivity index (χ4n) is 5.92. The van der Waals surface area contributed by atoms with Crippen LogP contribution >= 0.6 is 11.6 Å². The van der Waals surface area contributed by atoms with Crippen molar-refractivity contribution in [3.05, 3.63) is 126 Å². The molecule has 0 radical (unpaired) electrons. The number of rotatable bonds is 10. The van der Waals surface area contributed by atoms with E-state index in [0.29, 0.717) is 39.7 Å². The van der Waals surface area contributed by atoms with E-state index in [2.05, 4.69) is 65.3 Å². The van der Waals surface area contributed by atoms with Crippen LogP contribution in [0.5, 0.6) is 17.2 Å². The summed E-state index contributed by atoms with van der Waals surface area (Å²) in [4.78, 5) is 11.9. The van der Waals surface area contributed by atoms with E-state index in [1.807, 2.05) is 49.4 Å². The van der Waals surface area contributed by atoms with Gasteiger partial charge in [-0.15, -0.1) is 0 Å². The molecule has 10 heteroatoms. The molecule has 0 aliphatic carbocycles. The van der Waals surface area contributed by atoms with Crippen LogP contribution in [0.25, 0.3) is 10.9 Å². The normalized spacial score (nSPS) is 12.5. The molecule has 6 rings (SSSR count). The molecule has 0 aliphatic heterocycles. The molecule has 0 fully saturated rings. The lowest BCUT2D eigenvalue weighted by atomic mass is 10.1. The van der Waals surface area contributed by atoms with E-state index in [1.165, 1.54) is 6.07 Å². The second-order valence-corrected chi connectivity index (χ2v) is 16.9. The summed E-state index contributed by atoms with van der Waals surface area (Å²) in [7, 11) is -1.46. The summed E-state index contributed by atoms with van der Waals surface area (Å²) in [6.45, 7) is 8.43. The number of benzene rings is 4. The quantitative estimate of drug-likeness (QED) is 0.143. The maximum Gasteiger partial charge on any atom is 0.320 e. The predicted molar refractivity (Wildman–Crippen MR) is 189 cm³/mol. The lowest BCUT2D eigenvalue weighted by Crippen LogP contribution is -2.68. The van der Waals surface area contributed by atoms with Crippen LogP contribution in [-0.4, -0.2) is 30.4 Å². The summed E-state index contributed by atoms with van der Waals surface area (Å²) in [5.74, 6) is 1.56. The fourth-order valence-corrected chi connectivity index (χ4v) is 10.6. The highest BCUT2D eigenvalue weighted by molar-refractivity contribution is 7.00. The summed E-state index contributed by atoms with van der Waals surface area (Å²) in [6, 6.07) is 28.8. The Balaban J connectivity index is 1.40. The molecular formula is C37H36ClFN4O3Si. The molecule has 0 bridgehead atoms.